The fourth-order valence-corrected chi connectivity index (χ4v) is 1.97. The molecule has 5 heteroatoms. The number of aromatic nitrogens is 1. The van der Waals surface area contributed by atoms with Gasteiger partial charge in [0.05, 0.1) is 5.52 Å². The number of benzene rings is 1. The topological polar surface area (TPSA) is 75.1 Å². The van der Waals surface area contributed by atoms with Gasteiger partial charge in [-0.3, -0.25) is 4.98 Å². The van der Waals surface area contributed by atoms with Crippen molar-refractivity contribution in [3.05, 3.63) is 34.3 Å². The van der Waals surface area contributed by atoms with Gasteiger partial charge in [-0.2, -0.15) is 0 Å². The van der Waals surface area contributed by atoms with Crippen LogP contribution >= 0.6 is 0 Å². The fourth-order valence-electron chi connectivity index (χ4n) is 1.97. The quantitative estimate of drug-likeness (QED) is 0.743. The number of hydrogen-bond donors (Lipinski definition) is 2. The molecule has 0 saturated carbocycles. The molecule has 0 aliphatic rings. The van der Waals surface area contributed by atoms with Crippen LogP contribution in [0.1, 0.15) is 25.3 Å². The van der Waals surface area contributed by atoms with Crippen LogP contribution in [0.15, 0.2) is 27.4 Å². The van der Waals surface area contributed by atoms with Crippen molar-refractivity contribution in [2.75, 3.05) is 13.1 Å². The lowest BCUT2D eigenvalue weighted by molar-refractivity contribution is -0.117. The smallest absolute Gasteiger partial charge is 0.408 e. The zero-order valence-corrected chi connectivity index (χ0v) is 11.0. The van der Waals surface area contributed by atoms with Gasteiger partial charge in [0.2, 0.25) is 0 Å². The van der Waals surface area contributed by atoms with E-state index in [9.17, 15) is 9.59 Å². The maximum Gasteiger partial charge on any atom is 0.417 e. The molecule has 2 rings (SSSR count). The van der Waals surface area contributed by atoms with Gasteiger partial charge >= 0.3 is 5.76 Å². The van der Waals surface area contributed by atoms with Crippen molar-refractivity contribution >= 4 is 16.9 Å². The Morgan fingerprint density at radius 2 is 2.21 bits per heavy atom. The van der Waals surface area contributed by atoms with Gasteiger partial charge in [-0.25, -0.2) is 4.79 Å². The lowest BCUT2D eigenvalue weighted by atomic mass is 10.1. The van der Waals surface area contributed by atoms with E-state index in [2.05, 4.69) is 10.3 Å². The summed E-state index contributed by atoms with van der Waals surface area (Å²) in [6.45, 7) is 3.32. The molecule has 5 nitrogen and oxygen atoms in total. The number of oxazole rings is 1. The third-order valence-corrected chi connectivity index (χ3v) is 2.96. The number of rotatable bonds is 7. The number of carbonyl (C=O) groups is 1. The highest BCUT2D eigenvalue weighted by Crippen LogP contribution is 2.12. The summed E-state index contributed by atoms with van der Waals surface area (Å²) in [7, 11) is 0. The van der Waals surface area contributed by atoms with Crippen molar-refractivity contribution in [2.24, 2.45) is 0 Å². The SMILES string of the molecule is CC(=O)CCCNCCc1ccc2oc(=O)[nH]c2c1. The number of Topliss-reactive ketones (excluding diaryl/α,β-unsaturated/α-hetero) is 1. The number of carbonyl (C=O) groups excluding carboxylic acids is 1. The van der Waals surface area contributed by atoms with Crippen molar-refractivity contribution in [1.82, 2.24) is 10.3 Å². The molecule has 0 radical (unpaired) electrons. The molecular formula is C14H18N2O3. The molecule has 0 spiro atoms. The predicted octanol–water partition coefficient (Wildman–Crippen LogP) is 1.62. The zero-order valence-electron chi connectivity index (χ0n) is 11.0. The Morgan fingerprint density at radius 3 is 3.00 bits per heavy atom. The average Bonchev–Trinajstić information content (AvgIpc) is 2.72. The molecule has 2 aromatic rings. The van der Waals surface area contributed by atoms with Crippen LogP contribution in [0.5, 0.6) is 0 Å². The molecule has 1 aromatic heterocycles. The summed E-state index contributed by atoms with van der Waals surface area (Å²) < 4.78 is 4.94. The summed E-state index contributed by atoms with van der Waals surface area (Å²) in [5, 5.41) is 3.29. The van der Waals surface area contributed by atoms with Crippen molar-refractivity contribution in [2.45, 2.75) is 26.2 Å². The number of hydrogen-bond acceptors (Lipinski definition) is 4. The van der Waals surface area contributed by atoms with Gasteiger partial charge in [-0.15, -0.1) is 0 Å². The minimum absolute atomic E-state index is 0.233. The van der Waals surface area contributed by atoms with Crippen molar-refractivity contribution < 1.29 is 9.21 Å². The first kappa shape index (κ1) is 13.5. The van der Waals surface area contributed by atoms with E-state index in [1.54, 1.807) is 13.0 Å². The van der Waals surface area contributed by atoms with Gasteiger partial charge in [0.25, 0.3) is 0 Å². The molecule has 0 amide bonds. The Labute approximate surface area is 111 Å². The van der Waals surface area contributed by atoms with Crippen LogP contribution in [0.4, 0.5) is 0 Å². The summed E-state index contributed by atoms with van der Waals surface area (Å²) in [5.41, 5.74) is 2.46. The first-order valence-electron chi connectivity index (χ1n) is 6.47. The molecule has 2 N–H and O–H groups in total. The molecule has 102 valence electrons. The first-order valence-corrected chi connectivity index (χ1v) is 6.47. The molecule has 0 bridgehead atoms. The van der Waals surface area contributed by atoms with Gasteiger partial charge in [0.1, 0.15) is 5.78 Å². The van der Waals surface area contributed by atoms with Gasteiger partial charge in [-0.1, -0.05) is 6.07 Å². The van der Waals surface area contributed by atoms with E-state index >= 15 is 0 Å². The Hall–Kier alpha value is -1.88. The van der Waals surface area contributed by atoms with E-state index in [0.717, 1.165) is 37.0 Å². The summed E-state index contributed by atoms with van der Waals surface area (Å²) >= 11 is 0. The van der Waals surface area contributed by atoms with Crippen LogP contribution in [-0.2, 0) is 11.2 Å². The Balaban J connectivity index is 1.78. The molecule has 1 aromatic carbocycles. The molecule has 0 fully saturated rings. The summed E-state index contributed by atoms with van der Waals surface area (Å²) in [4.78, 5) is 24.4. The van der Waals surface area contributed by atoms with Crippen molar-refractivity contribution in [3.63, 3.8) is 0 Å². The van der Waals surface area contributed by atoms with Gasteiger partial charge in [0.15, 0.2) is 5.58 Å². The van der Waals surface area contributed by atoms with Crippen LogP contribution < -0.4 is 11.1 Å². The average molecular weight is 262 g/mol. The number of H-pyrrole nitrogens is 1. The maximum absolute atomic E-state index is 11.0. The van der Waals surface area contributed by atoms with E-state index < -0.39 is 5.76 Å². The summed E-state index contributed by atoms with van der Waals surface area (Å²) in [5.74, 6) is -0.189. The van der Waals surface area contributed by atoms with E-state index in [1.165, 1.54) is 0 Å². The van der Waals surface area contributed by atoms with Gasteiger partial charge < -0.3 is 14.5 Å². The number of nitrogens with one attached hydrogen (secondary N) is 2. The number of ketones is 1. The largest absolute Gasteiger partial charge is 0.417 e. The molecule has 0 saturated heterocycles. The second kappa shape index (κ2) is 6.33. The molecule has 0 unspecified atom stereocenters. The molecule has 1 heterocycles. The second-order valence-electron chi connectivity index (χ2n) is 4.65. The van der Waals surface area contributed by atoms with Crippen LogP contribution in [0.3, 0.4) is 0 Å². The first-order chi connectivity index (χ1) is 9.15. The normalized spacial score (nSPS) is 11.0. The van der Waals surface area contributed by atoms with Crippen LogP contribution in [0, 0.1) is 0 Å². The Kier molecular flexibility index (Phi) is 4.52. The molecule has 0 atom stereocenters. The fraction of sp³-hybridized carbons (Fsp3) is 0.429. The van der Waals surface area contributed by atoms with Crippen molar-refractivity contribution in [3.8, 4) is 0 Å². The number of fused-ring (bicyclic) bond motifs is 1. The minimum atomic E-state index is -0.422. The molecule has 0 aliphatic carbocycles. The van der Waals surface area contributed by atoms with Crippen LogP contribution in [-0.4, -0.2) is 23.9 Å². The van der Waals surface area contributed by atoms with Crippen LogP contribution in [0.2, 0.25) is 0 Å². The predicted molar refractivity (Wildman–Crippen MR) is 73.3 cm³/mol. The van der Waals surface area contributed by atoms with E-state index in [0.29, 0.717) is 12.0 Å². The molecule has 0 aliphatic heterocycles. The summed E-state index contributed by atoms with van der Waals surface area (Å²) in [6, 6.07) is 5.69. The maximum atomic E-state index is 11.0. The highest BCUT2D eigenvalue weighted by molar-refractivity contribution is 5.75. The Bertz CT molecular complexity index is 612. The lowest BCUT2D eigenvalue weighted by Crippen LogP contribution is -2.19. The summed E-state index contributed by atoms with van der Waals surface area (Å²) in [6.07, 6.45) is 2.39. The minimum Gasteiger partial charge on any atom is -0.408 e. The lowest BCUT2D eigenvalue weighted by Gasteiger charge is -2.04. The highest BCUT2D eigenvalue weighted by Gasteiger charge is 2.01. The molecule has 19 heavy (non-hydrogen) atoms. The van der Waals surface area contributed by atoms with Gasteiger partial charge in [0, 0.05) is 6.42 Å². The van der Waals surface area contributed by atoms with E-state index in [1.807, 2.05) is 12.1 Å². The monoisotopic (exact) mass is 262 g/mol. The van der Waals surface area contributed by atoms with Gasteiger partial charge in [-0.05, 0) is 50.6 Å². The second-order valence-corrected chi connectivity index (χ2v) is 4.65. The highest BCUT2D eigenvalue weighted by atomic mass is 16.4. The number of aromatic amines is 1. The molecular weight excluding hydrogens is 244 g/mol. The Morgan fingerprint density at radius 1 is 1.37 bits per heavy atom. The third kappa shape index (κ3) is 4.06. The van der Waals surface area contributed by atoms with E-state index in [4.69, 9.17) is 4.42 Å². The van der Waals surface area contributed by atoms with Crippen LogP contribution in [0.25, 0.3) is 11.1 Å². The van der Waals surface area contributed by atoms with Crippen molar-refractivity contribution in [1.29, 1.82) is 0 Å². The van der Waals surface area contributed by atoms with E-state index in [-0.39, 0.29) is 5.78 Å². The standard InChI is InChI=1S/C14H18N2O3/c1-10(17)3-2-7-15-8-6-11-4-5-13-12(9-11)16-14(18)19-13/h4-5,9,15H,2-3,6-8H2,1H3,(H,16,18). The zero-order chi connectivity index (χ0) is 13.7. The third-order valence-electron chi connectivity index (χ3n) is 2.96.